The van der Waals surface area contributed by atoms with Crippen LogP contribution in [0.3, 0.4) is 0 Å². The number of unbranched alkanes of at least 4 members (excludes halogenated alkanes) is 1. The van der Waals surface area contributed by atoms with E-state index in [9.17, 15) is 0 Å². The van der Waals surface area contributed by atoms with E-state index < -0.39 is 0 Å². The van der Waals surface area contributed by atoms with Gasteiger partial charge in [0.2, 0.25) is 0 Å². The molecule has 0 N–H and O–H groups in total. The summed E-state index contributed by atoms with van der Waals surface area (Å²) in [4.78, 5) is 0. The number of nitrogens with zero attached hydrogens (tertiary/aromatic N) is 2. The minimum Gasteiger partial charge on any atom is -0.378 e. The van der Waals surface area contributed by atoms with E-state index >= 15 is 0 Å². The Morgan fingerprint density at radius 1 is 1.08 bits per heavy atom. The third-order valence-electron chi connectivity index (χ3n) is 5.93. The van der Waals surface area contributed by atoms with Crippen molar-refractivity contribution in [3.8, 4) is 0 Å². The molecule has 1 aromatic carbocycles. The summed E-state index contributed by atoms with van der Waals surface area (Å²) in [6.07, 6.45) is 9.71. The topological polar surface area (TPSA) is 34.0 Å². The monoisotopic (exact) mass is 354 g/mol. The SMILES string of the molecule is CCCCOC1CCCC2=C(c3ccc(CC)cc3)N=NC(C)C2CC1. The minimum absolute atomic E-state index is 0.290. The first-order valence-corrected chi connectivity index (χ1v) is 10.6. The number of fused-ring (bicyclic) bond motifs is 1. The lowest BCUT2D eigenvalue weighted by Gasteiger charge is -2.32. The van der Waals surface area contributed by atoms with Gasteiger partial charge in [-0.3, -0.25) is 0 Å². The second kappa shape index (κ2) is 9.45. The molecular formula is C23H34N2O. The Bertz CT molecular complexity index is 632. The lowest BCUT2D eigenvalue weighted by Crippen LogP contribution is -2.26. The van der Waals surface area contributed by atoms with E-state index in [2.05, 4.69) is 55.3 Å². The zero-order valence-electron chi connectivity index (χ0n) is 16.7. The molecular weight excluding hydrogens is 320 g/mol. The summed E-state index contributed by atoms with van der Waals surface area (Å²) >= 11 is 0. The first kappa shape index (κ1) is 19.3. The summed E-state index contributed by atoms with van der Waals surface area (Å²) in [6.45, 7) is 7.56. The number of aryl methyl sites for hydroxylation is 1. The number of rotatable bonds is 6. The molecule has 1 aliphatic heterocycles. The molecule has 3 rings (SSSR count). The molecule has 0 radical (unpaired) electrons. The zero-order chi connectivity index (χ0) is 18.4. The highest BCUT2D eigenvalue weighted by Gasteiger charge is 2.30. The van der Waals surface area contributed by atoms with Gasteiger partial charge >= 0.3 is 0 Å². The van der Waals surface area contributed by atoms with Gasteiger partial charge in [-0.05, 0) is 63.0 Å². The standard InChI is InChI=1S/C23H34N2O/c1-4-6-16-26-20-8-7-9-22-21(15-14-20)17(3)24-25-23(22)19-12-10-18(5-2)11-13-19/h10-13,17,20-21H,4-9,14-16H2,1-3H3. The maximum atomic E-state index is 6.14. The van der Waals surface area contributed by atoms with Crippen LogP contribution in [0.1, 0.15) is 76.8 Å². The molecule has 2 aliphatic rings. The molecule has 0 aromatic heterocycles. The number of benzene rings is 1. The van der Waals surface area contributed by atoms with Crippen LogP contribution in [0.15, 0.2) is 40.1 Å². The van der Waals surface area contributed by atoms with Crippen LogP contribution in [-0.2, 0) is 11.2 Å². The molecule has 142 valence electrons. The van der Waals surface area contributed by atoms with E-state index in [-0.39, 0.29) is 6.04 Å². The predicted octanol–water partition coefficient (Wildman–Crippen LogP) is 6.58. The maximum Gasteiger partial charge on any atom is 0.0920 e. The van der Waals surface area contributed by atoms with Crippen molar-refractivity contribution in [1.82, 2.24) is 0 Å². The highest BCUT2D eigenvalue weighted by atomic mass is 16.5. The van der Waals surface area contributed by atoms with Crippen molar-refractivity contribution in [2.45, 2.75) is 84.3 Å². The summed E-state index contributed by atoms with van der Waals surface area (Å²) < 4.78 is 6.14. The minimum atomic E-state index is 0.290. The van der Waals surface area contributed by atoms with Crippen LogP contribution in [0.2, 0.25) is 0 Å². The van der Waals surface area contributed by atoms with Gasteiger partial charge in [0.15, 0.2) is 0 Å². The van der Waals surface area contributed by atoms with Gasteiger partial charge in [-0.25, -0.2) is 0 Å². The van der Waals surface area contributed by atoms with Crippen LogP contribution in [0.4, 0.5) is 0 Å². The normalized spacial score (nSPS) is 26.3. The first-order valence-electron chi connectivity index (χ1n) is 10.6. The number of ether oxygens (including phenoxy) is 1. The van der Waals surface area contributed by atoms with Crippen molar-refractivity contribution in [2.24, 2.45) is 16.1 Å². The molecule has 1 aliphatic carbocycles. The lowest BCUT2D eigenvalue weighted by molar-refractivity contribution is 0.0319. The quantitative estimate of drug-likeness (QED) is 0.531. The Hall–Kier alpha value is -1.48. The highest BCUT2D eigenvalue weighted by molar-refractivity contribution is 5.69. The molecule has 0 saturated heterocycles. The van der Waals surface area contributed by atoms with Gasteiger partial charge in [0, 0.05) is 18.1 Å². The van der Waals surface area contributed by atoms with Crippen molar-refractivity contribution in [3.63, 3.8) is 0 Å². The van der Waals surface area contributed by atoms with Crippen LogP contribution in [0.25, 0.3) is 5.70 Å². The van der Waals surface area contributed by atoms with Gasteiger partial charge in [-0.1, -0.05) is 44.5 Å². The van der Waals surface area contributed by atoms with E-state index in [0.717, 1.165) is 31.6 Å². The van der Waals surface area contributed by atoms with E-state index in [4.69, 9.17) is 4.74 Å². The number of azo groups is 1. The smallest absolute Gasteiger partial charge is 0.0920 e. The molecule has 0 spiro atoms. The Kier molecular flexibility index (Phi) is 7.01. The van der Waals surface area contributed by atoms with Crippen molar-refractivity contribution in [3.05, 3.63) is 41.0 Å². The van der Waals surface area contributed by atoms with E-state index in [1.54, 1.807) is 0 Å². The molecule has 1 heterocycles. The van der Waals surface area contributed by atoms with Gasteiger partial charge in [0.25, 0.3) is 0 Å². The van der Waals surface area contributed by atoms with Gasteiger partial charge in [-0.2, -0.15) is 10.2 Å². The average Bonchev–Trinajstić information content (AvgIpc) is 2.65. The van der Waals surface area contributed by atoms with E-state index in [1.165, 1.54) is 48.8 Å². The molecule has 0 bridgehead atoms. The van der Waals surface area contributed by atoms with Crippen molar-refractivity contribution in [1.29, 1.82) is 0 Å². The fraction of sp³-hybridized carbons (Fsp3) is 0.652. The molecule has 3 unspecified atom stereocenters. The largest absolute Gasteiger partial charge is 0.378 e. The fourth-order valence-electron chi connectivity index (χ4n) is 4.21. The second-order valence-electron chi connectivity index (χ2n) is 7.80. The molecule has 1 aromatic rings. The van der Waals surface area contributed by atoms with Crippen LogP contribution < -0.4 is 0 Å². The van der Waals surface area contributed by atoms with Crippen molar-refractivity contribution >= 4 is 5.70 Å². The summed E-state index contributed by atoms with van der Waals surface area (Å²) in [5.74, 6) is 0.519. The van der Waals surface area contributed by atoms with Crippen LogP contribution in [0.5, 0.6) is 0 Å². The van der Waals surface area contributed by atoms with Crippen LogP contribution >= 0.6 is 0 Å². The van der Waals surface area contributed by atoms with E-state index in [0.29, 0.717) is 12.0 Å². The van der Waals surface area contributed by atoms with Gasteiger partial charge in [0.1, 0.15) is 0 Å². The maximum absolute atomic E-state index is 6.14. The number of hydrogen-bond donors (Lipinski definition) is 0. The predicted molar refractivity (Wildman–Crippen MR) is 108 cm³/mol. The van der Waals surface area contributed by atoms with Crippen LogP contribution in [0, 0.1) is 5.92 Å². The van der Waals surface area contributed by atoms with Crippen molar-refractivity contribution in [2.75, 3.05) is 6.61 Å². The lowest BCUT2D eigenvalue weighted by atomic mass is 9.79. The van der Waals surface area contributed by atoms with Gasteiger partial charge in [-0.15, -0.1) is 0 Å². The van der Waals surface area contributed by atoms with Gasteiger partial charge < -0.3 is 4.74 Å². The highest BCUT2D eigenvalue weighted by Crippen LogP contribution is 2.40. The zero-order valence-corrected chi connectivity index (χ0v) is 16.7. The average molecular weight is 355 g/mol. The molecule has 26 heavy (non-hydrogen) atoms. The molecule has 1 fully saturated rings. The third-order valence-corrected chi connectivity index (χ3v) is 5.93. The summed E-state index contributed by atoms with van der Waals surface area (Å²) in [5, 5.41) is 9.26. The van der Waals surface area contributed by atoms with Crippen molar-refractivity contribution < 1.29 is 4.74 Å². The summed E-state index contributed by atoms with van der Waals surface area (Å²) in [7, 11) is 0. The second-order valence-corrected chi connectivity index (χ2v) is 7.80. The Balaban J connectivity index is 1.77. The van der Waals surface area contributed by atoms with Crippen LogP contribution in [-0.4, -0.2) is 18.8 Å². The molecule has 0 amide bonds. The van der Waals surface area contributed by atoms with E-state index in [1.807, 2.05) is 0 Å². The first-order chi connectivity index (χ1) is 12.7. The molecule has 3 heteroatoms. The van der Waals surface area contributed by atoms with Gasteiger partial charge in [0.05, 0.1) is 17.8 Å². The number of hydrogen-bond acceptors (Lipinski definition) is 3. The molecule has 3 nitrogen and oxygen atoms in total. The molecule has 1 saturated carbocycles. The Morgan fingerprint density at radius 3 is 2.62 bits per heavy atom. The Morgan fingerprint density at radius 2 is 1.88 bits per heavy atom. The Labute approximate surface area is 158 Å². The summed E-state index contributed by atoms with van der Waals surface area (Å²) in [6, 6.07) is 9.20. The third kappa shape index (κ3) is 4.62. The fourth-order valence-corrected chi connectivity index (χ4v) is 4.21. The summed E-state index contributed by atoms with van der Waals surface area (Å²) in [5.41, 5.74) is 5.28. The molecule has 3 atom stereocenters.